The third-order valence-corrected chi connectivity index (χ3v) is 2.65. The Bertz CT molecular complexity index is 564. The maximum atomic E-state index is 8.45. The minimum absolute atomic E-state index is 0.694. The lowest BCUT2D eigenvalue weighted by atomic mass is 10.1. The molecule has 0 bridgehead atoms. The SMILES string of the molecule is N#C/C=C/c1ccc2ccccc2c1Cl. The zero-order valence-corrected chi connectivity index (χ0v) is 8.70. The first kappa shape index (κ1) is 9.76. The molecule has 0 aliphatic heterocycles. The van der Waals surface area contributed by atoms with E-state index in [2.05, 4.69) is 0 Å². The molecule has 0 atom stereocenters. The van der Waals surface area contributed by atoms with E-state index >= 15 is 0 Å². The van der Waals surface area contributed by atoms with Crippen LogP contribution in [0.25, 0.3) is 16.8 Å². The highest BCUT2D eigenvalue weighted by atomic mass is 35.5. The van der Waals surface area contributed by atoms with Crippen LogP contribution in [0.3, 0.4) is 0 Å². The number of nitrogens with zero attached hydrogens (tertiary/aromatic N) is 1. The van der Waals surface area contributed by atoms with Gasteiger partial charge in [-0.15, -0.1) is 0 Å². The summed E-state index contributed by atoms with van der Waals surface area (Å²) in [7, 11) is 0. The van der Waals surface area contributed by atoms with Crippen molar-refractivity contribution in [3.63, 3.8) is 0 Å². The van der Waals surface area contributed by atoms with Crippen LogP contribution < -0.4 is 0 Å². The number of hydrogen-bond acceptors (Lipinski definition) is 1. The monoisotopic (exact) mass is 213 g/mol. The average Bonchev–Trinajstić information content (AvgIpc) is 2.29. The summed E-state index contributed by atoms with van der Waals surface area (Å²) in [6, 6.07) is 13.8. The van der Waals surface area contributed by atoms with E-state index in [0.717, 1.165) is 16.3 Å². The van der Waals surface area contributed by atoms with Gasteiger partial charge in [-0.2, -0.15) is 5.26 Å². The second kappa shape index (κ2) is 4.16. The molecule has 1 nitrogen and oxygen atoms in total. The molecule has 0 fully saturated rings. The lowest BCUT2D eigenvalue weighted by molar-refractivity contribution is 1.54. The van der Waals surface area contributed by atoms with Crippen LogP contribution in [0.15, 0.2) is 42.5 Å². The van der Waals surface area contributed by atoms with Gasteiger partial charge in [-0.3, -0.25) is 0 Å². The first-order valence-corrected chi connectivity index (χ1v) is 4.94. The second-order valence-electron chi connectivity index (χ2n) is 3.15. The molecule has 0 heterocycles. The van der Waals surface area contributed by atoms with Crippen LogP contribution in [0.5, 0.6) is 0 Å². The molecule has 0 saturated carbocycles. The van der Waals surface area contributed by atoms with Gasteiger partial charge < -0.3 is 0 Å². The van der Waals surface area contributed by atoms with Gasteiger partial charge >= 0.3 is 0 Å². The number of rotatable bonds is 1. The predicted octanol–water partition coefficient (Wildman–Crippen LogP) is 4.03. The van der Waals surface area contributed by atoms with Gasteiger partial charge in [0.05, 0.1) is 11.1 Å². The summed E-state index contributed by atoms with van der Waals surface area (Å²) in [5, 5.41) is 11.3. The fourth-order valence-corrected chi connectivity index (χ4v) is 1.80. The molecule has 0 saturated heterocycles. The van der Waals surface area contributed by atoms with Crippen LogP contribution in [0.2, 0.25) is 5.02 Å². The molecule has 0 spiro atoms. The minimum Gasteiger partial charge on any atom is -0.193 e. The molecular weight excluding hydrogens is 206 g/mol. The normalized spacial score (nSPS) is 10.7. The predicted molar refractivity (Wildman–Crippen MR) is 63.6 cm³/mol. The highest BCUT2D eigenvalue weighted by Gasteiger charge is 2.01. The van der Waals surface area contributed by atoms with Crippen molar-refractivity contribution < 1.29 is 0 Å². The molecular formula is C13H8ClN. The number of halogens is 1. The third kappa shape index (κ3) is 1.86. The molecule has 2 rings (SSSR count). The Morgan fingerprint density at radius 2 is 1.93 bits per heavy atom. The maximum Gasteiger partial charge on any atom is 0.0912 e. The highest BCUT2D eigenvalue weighted by molar-refractivity contribution is 6.37. The summed E-state index contributed by atoms with van der Waals surface area (Å²) in [6.07, 6.45) is 3.14. The summed E-state index contributed by atoms with van der Waals surface area (Å²) in [5.41, 5.74) is 0.872. The van der Waals surface area contributed by atoms with E-state index in [-0.39, 0.29) is 0 Å². The van der Waals surface area contributed by atoms with Crippen LogP contribution in [0.1, 0.15) is 5.56 Å². The van der Waals surface area contributed by atoms with Crippen molar-refractivity contribution in [2.75, 3.05) is 0 Å². The van der Waals surface area contributed by atoms with Crippen LogP contribution in [0, 0.1) is 11.3 Å². The lowest BCUT2D eigenvalue weighted by Gasteiger charge is -2.03. The van der Waals surface area contributed by atoms with E-state index < -0.39 is 0 Å². The zero-order valence-electron chi connectivity index (χ0n) is 7.94. The van der Waals surface area contributed by atoms with Gasteiger partial charge in [0, 0.05) is 11.5 Å². The number of fused-ring (bicyclic) bond motifs is 1. The van der Waals surface area contributed by atoms with Crippen molar-refractivity contribution in [3.05, 3.63) is 53.1 Å². The van der Waals surface area contributed by atoms with Crippen LogP contribution in [-0.2, 0) is 0 Å². The molecule has 2 aromatic rings. The molecule has 0 N–H and O–H groups in total. The van der Waals surface area contributed by atoms with E-state index in [9.17, 15) is 0 Å². The summed E-state index contributed by atoms with van der Waals surface area (Å²) in [6.45, 7) is 0. The van der Waals surface area contributed by atoms with Gasteiger partial charge in [0.25, 0.3) is 0 Å². The highest BCUT2D eigenvalue weighted by Crippen LogP contribution is 2.27. The Labute approximate surface area is 93.2 Å². The van der Waals surface area contributed by atoms with E-state index in [1.165, 1.54) is 6.08 Å². The Morgan fingerprint density at radius 1 is 1.13 bits per heavy atom. The maximum absolute atomic E-state index is 8.45. The largest absolute Gasteiger partial charge is 0.193 e. The van der Waals surface area contributed by atoms with Crippen molar-refractivity contribution in [2.24, 2.45) is 0 Å². The average molecular weight is 214 g/mol. The van der Waals surface area contributed by atoms with E-state index in [1.807, 2.05) is 42.5 Å². The molecule has 2 heteroatoms. The van der Waals surface area contributed by atoms with E-state index in [0.29, 0.717) is 5.02 Å². The summed E-state index contributed by atoms with van der Waals surface area (Å²) >= 11 is 6.22. The Balaban J connectivity index is 2.66. The molecule has 0 aliphatic carbocycles. The number of benzene rings is 2. The fraction of sp³-hybridized carbons (Fsp3) is 0. The van der Waals surface area contributed by atoms with Crippen molar-refractivity contribution in [2.45, 2.75) is 0 Å². The molecule has 15 heavy (non-hydrogen) atoms. The lowest BCUT2D eigenvalue weighted by Crippen LogP contribution is -1.78. The van der Waals surface area contributed by atoms with Gasteiger partial charge in [-0.25, -0.2) is 0 Å². The topological polar surface area (TPSA) is 23.8 Å². The second-order valence-corrected chi connectivity index (χ2v) is 3.53. The van der Waals surface area contributed by atoms with Gasteiger partial charge in [0.1, 0.15) is 0 Å². The molecule has 0 radical (unpaired) electrons. The summed E-state index contributed by atoms with van der Waals surface area (Å²) < 4.78 is 0. The van der Waals surface area contributed by atoms with Gasteiger partial charge in [-0.05, 0) is 17.0 Å². The van der Waals surface area contributed by atoms with Gasteiger partial charge in [-0.1, -0.05) is 48.0 Å². The first-order valence-electron chi connectivity index (χ1n) is 4.56. The summed E-state index contributed by atoms with van der Waals surface area (Å²) in [4.78, 5) is 0. The third-order valence-electron chi connectivity index (χ3n) is 2.23. The quantitative estimate of drug-likeness (QED) is 0.656. The number of allylic oxidation sites excluding steroid dienone is 1. The Morgan fingerprint density at radius 3 is 2.73 bits per heavy atom. The van der Waals surface area contributed by atoms with Gasteiger partial charge in [0.15, 0.2) is 0 Å². The molecule has 0 unspecified atom stereocenters. The van der Waals surface area contributed by atoms with Crippen LogP contribution >= 0.6 is 11.6 Å². The van der Waals surface area contributed by atoms with E-state index in [4.69, 9.17) is 16.9 Å². The minimum atomic E-state index is 0.694. The number of hydrogen-bond donors (Lipinski definition) is 0. The summed E-state index contributed by atoms with van der Waals surface area (Å²) in [5.74, 6) is 0. The van der Waals surface area contributed by atoms with Gasteiger partial charge in [0.2, 0.25) is 0 Å². The molecule has 0 amide bonds. The van der Waals surface area contributed by atoms with Crippen LogP contribution in [0.4, 0.5) is 0 Å². The first-order chi connectivity index (χ1) is 7.33. The van der Waals surface area contributed by atoms with Crippen molar-refractivity contribution in [3.8, 4) is 6.07 Å². The Kier molecular flexibility index (Phi) is 2.71. The Hall–Kier alpha value is -1.78. The zero-order chi connectivity index (χ0) is 10.7. The number of nitriles is 1. The van der Waals surface area contributed by atoms with Crippen LogP contribution in [-0.4, -0.2) is 0 Å². The fourth-order valence-electron chi connectivity index (χ4n) is 1.51. The van der Waals surface area contributed by atoms with Crippen molar-refractivity contribution in [1.29, 1.82) is 5.26 Å². The smallest absolute Gasteiger partial charge is 0.0912 e. The molecule has 72 valence electrons. The van der Waals surface area contributed by atoms with Crippen molar-refractivity contribution in [1.82, 2.24) is 0 Å². The molecule has 0 aromatic heterocycles. The van der Waals surface area contributed by atoms with Crippen molar-refractivity contribution >= 4 is 28.4 Å². The molecule has 2 aromatic carbocycles. The molecule has 0 aliphatic rings. The van der Waals surface area contributed by atoms with E-state index in [1.54, 1.807) is 6.08 Å². The standard InChI is InChI=1S/C13H8ClN/c14-13-11(5-3-9-15)8-7-10-4-1-2-6-12(10)13/h1-8H/b5-3+.